The van der Waals surface area contributed by atoms with Gasteiger partial charge in [0, 0.05) is 19.4 Å². The number of benzene rings is 1. The number of hydrogen-bond acceptors (Lipinski definition) is 5. The maximum absolute atomic E-state index is 5.95. The zero-order valence-electron chi connectivity index (χ0n) is 12.1. The first-order valence-electron chi connectivity index (χ1n) is 6.49. The molecular formula is C15H16N4O2. The Bertz CT molecular complexity index is 789. The minimum atomic E-state index is 0.263. The number of methoxy groups -OCH3 is 1. The smallest absolute Gasteiger partial charge is 0.230 e. The zero-order chi connectivity index (χ0) is 15.0. The lowest BCUT2D eigenvalue weighted by Crippen LogP contribution is -1.95. The monoisotopic (exact) mass is 284 g/mol. The van der Waals surface area contributed by atoms with Crippen molar-refractivity contribution in [2.75, 3.05) is 12.8 Å². The molecule has 0 spiro atoms. The van der Waals surface area contributed by atoms with Crippen LogP contribution in [0.15, 0.2) is 35.1 Å². The van der Waals surface area contributed by atoms with Gasteiger partial charge in [0.1, 0.15) is 5.75 Å². The average molecular weight is 284 g/mol. The van der Waals surface area contributed by atoms with E-state index in [1.165, 1.54) is 0 Å². The molecule has 0 aliphatic rings. The van der Waals surface area contributed by atoms with Crippen LogP contribution in [-0.4, -0.2) is 21.8 Å². The van der Waals surface area contributed by atoms with Crippen LogP contribution in [0, 0.1) is 6.92 Å². The van der Waals surface area contributed by atoms with E-state index >= 15 is 0 Å². The Kier molecular flexibility index (Phi) is 3.13. The highest BCUT2D eigenvalue weighted by molar-refractivity contribution is 5.85. The van der Waals surface area contributed by atoms with Gasteiger partial charge < -0.3 is 19.6 Å². The molecule has 3 rings (SSSR count). The van der Waals surface area contributed by atoms with Crippen LogP contribution in [0.2, 0.25) is 0 Å². The van der Waals surface area contributed by atoms with Gasteiger partial charge in [-0.1, -0.05) is 17.3 Å². The second-order valence-electron chi connectivity index (χ2n) is 4.82. The summed E-state index contributed by atoms with van der Waals surface area (Å²) in [5, 5.41) is 4.05. The Morgan fingerprint density at radius 3 is 2.81 bits per heavy atom. The molecule has 0 saturated heterocycles. The second kappa shape index (κ2) is 4.97. The molecule has 0 aliphatic heterocycles. The van der Waals surface area contributed by atoms with Crippen LogP contribution >= 0.6 is 0 Å². The zero-order valence-corrected chi connectivity index (χ0v) is 12.1. The van der Waals surface area contributed by atoms with Crippen LogP contribution in [0.1, 0.15) is 5.56 Å². The van der Waals surface area contributed by atoms with Crippen LogP contribution < -0.4 is 10.5 Å². The molecule has 2 heterocycles. The summed E-state index contributed by atoms with van der Waals surface area (Å²) in [4.78, 5) is 4.30. The number of anilines is 1. The van der Waals surface area contributed by atoms with E-state index in [4.69, 9.17) is 15.0 Å². The molecule has 21 heavy (non-hydrogen) atoms. The van der Waals surface area contributed by atoms with E-state index in [1.54, 1.807) is 13.3 Å². The lowest BCUT2D eigenvalue weighted by atomic mass is 10.0. The van der Waals surface area contributed by atoms with Crippen LogP contribution in [0.25, 0.3) is 22.6 Å². The Morgan fingerprint density at radius 2 is 2.14 bits per heavy atom. The van der Waals surface area contributed by atoms with Gasteiger partial charge in [0.25, 0.3) is 0 Å². The highest BCUT2D eigenvalue weighted by Gasteiger charge is 2.21. The van der Waals surface area contributed by atoms with Crippen LogP contribution in [0.3, 0.4) is 0 Å². The van der Waals surface area contributed by atoms with E-state index in [9.17, 15) is 0 Å². The molecule has 6 heteroatoms. The van der Waals surface area contributed by atoms with Gasteiger partial charge in [0.2, 0.25) is 5.88 Å². The first-order valence-corrected chi connectivity index (χ1v) is 6.49. The lowest BCUT2D eigenvalue weighted by molar-refractivity contribution is 0.412. The Morgan fingerprint density at radius 1 is 1.33 bits per heavy atom. The van der Waals surface area contributed by atoms with Gasteiger partial charge in [-0.15, -0.1) is 0 Å². The van der Waals surface area contributed by atoms with E-state index in [0.717, 1.165) is 22.4 Å². The van der Waals surface area contributed by atoms with Gasteiger partial charge in [-0.25, -0.2) is 4.98 Å². The van der Waals surface area contributed by atoms with Crippen molar-refractivity contribution in [1.29, 1.82) is 0 Å². The number of nitrogen functional groups attached to an aromatic ring is 1. The van der Waals surface area contributed by atoms with E-state index < -0.39 is 0 Å². The van der Waals surface area contributed by atoms with Crippen molar-refractivity contribution in [3.63, 3.8) is 0 Å². The number of aryl methyl sites for hydroxylation is 2. The van der Waals surface area contributed by atoms with E-state index in [0.29, 0.717) is 11.5 Å². The van der Waals surface area contributed by atoms with Gasteiger partial charge in [-0.2, -0.15) is 0 Å². The first-order chi connectivity index (χ1) is 10.1. The minimum Gasteiger partial charge on any atom is -0.496 e. The molecule has 0 bridgehead atoms. The summed E-state index contributed by atoms with van der Waals surface area (Å²) in [6.07, 6.45) is 3.55. The summed E-state index contributed by atoms with van der Waals surface area (Å²) in [5.74, 6) is 1.75. The van der Waals surface area contributed by atoms with Crippen LogP contribution in [0.5, 0.6) is 5.75 Å². The van der Waals surface area contributed by atoms with Crippen molar-refractivity contribution < 1.29 is 9.26 Å². The third-order valence-electron chi connectivity index (χ3n) is 3.45. The molecule has 0 unspecified atom stereocenters. The fraction of sp³-hybridized carbons (Fsp3) is 0.200. The molecule has 0 amide bonds. The number of hydrogen-bond donors (Lipinski definition) is 1. The maximum atomic E-state index is 5.95. The van der Waals surface area contributed by atoms with Crippen molar-refractivity contribution in [2.45, 2.75) is 6.92 Å². The lowest BCUT2D eigenvalue weighted by Gasteiger charge is -2.08. The number of nitrogens with two attached hydrogens (primary N) is 1. The molecule has 108 valence electrons. The van der Waals surface area contributed by atoms with E-state index in [1.807, 2.05) is 42.9 Å². The summed E-state index contributed by atoms with van der Waals surface area (Å²) in [7, 11) is 3.54. The standard InChI is InChI=1S/C15H16N4O2/c1-9-4-5-10(8-11(9)20-3)12-13(18-21-14(12)16)15-17-6-7-19(15)2/h4-8H,16H2,1-3H3. The van der Waals surface area contributed by atoms with Gasteiger partial charge in [-0.3, -0.25) is 0 Å². The van der Waals surface area contributed by atoms with Crippen LogP contribution in [0.4, 0.5) is 5.88 Å². The van der Waals surface area contributed by atoms with E-state index in [2.05, 4.69) is 10.1 Å². The molecular weight excluding hydrogens is 268 g/mol. The quantitative estimate of drug-likeness (QED) is 0.799. The molecule has 3 aromatic rings. The normalized spacial score (nSPS) is 10.8. The number of nitrogens with zero attached hydrogens (tertiary/aromatic N) is 3. The molecule has 6 nitrogen and oxygen atoms in total. The van der Waals surface area contributed by atoms with Crippen molar-refractivity contribution in [3.05, 3.63) is 36.2 Å². The molecule has 0 fully saturated rings. The summed E-state index contributed by atoms with van der Waals surface area (Å²) >= 11 is 0. The summed E-state index contributed by atoms with van der Waals surface area (Å²) < 4.78 is 12.4. The number of imidazole rings is 1. The number of rotatable bonds is 3. The van der Waals surface area contributed by atoms with Crippen molar-refractivity contribution in [2.24, 2.45) is 7.05 Å². The minimum absolute atomic E-state index is 0.263. The van der Waals surface area contributed by atoms with Crippen LogP contribution in [-0.2, 0) is 7.05 Å². The molecule has 0 aliphatic carbocycles. The van der Waals surface area contributed by atoms with Crippen molar-refractivity contribution >= 4 is 5.88 Å². The van der Waals surface area contributed by atoms with Gasteiger partial charge in [-0.05, 0) is 24.1 Å². The summed E-state index contributed by atoms with van der Waals surface area (Å²) in [5.41, 5.74) is 9.23. The Hall–Kier alpha value is -2.76. The fourth-order valence-electron chi connectivity index (χ4n) is 2.30. The van der Waals surface area contributed by atoms with Gasteiger partial charge in [0.15, 0.2) is 11.5 Å². The topological polar surface area (TPSA) is 79.1 Å². The van der Waals surface area contributed by atoms with Gasteiger partial charge >= 0.3 is 0 Å². The Labute approximate surface area is 122 Å². The number of aromatic nitrogens is 3. The Balaban J connectivity index is 2.19. The third kappa shape index (κ3) is 2.14. The molecule has 0 saturated carbocycles. The van der Waals surface area contributed by atoms with E-state index in [-0.39, 0.29) is 5.88 Å². The molecule has 0 atom stereocenters. The molecule has 0 radical (unpaired) electrons. The summed E-state index contributed by atoms with van der Waals surface area (Å²) in [6, 6.07) is 5.86. The summed E-state index contributed by atoms with van der Waals surface area (Å²) in [6.45, 7) is 1.99. The average Bonchev–Trinajstić information content (AvgIpc) is 3.05. The predicted molar refractivity (Wildman–Crippen MR) is 79.8 cm³/mol. The third-order valence-corrected chi connectivity index (χ3v) is 3.45. The highest BCUT2D eigenvalue weighted by Crippen LogP contribution is 2.37. The molecule has 2 aromatic heterocycles. The fourth-order valence-corrected chi connectivity index (χ4v) is 2.30. The second-order valence-corrected chi connectivity index (χ2v) is 4.82. The SMILES string of the molecule is COc1cc(-c2c(-c3nccn3C)noc2N)ccc1C. The maximum Gasteiger partial charge on any atom is 0.230 e. The van der Waals surface area contributed by atoms with Crippen molar-refractivity contribution in [3.8, 4) is 28.4 Å². The highest BCUT2D eigenvalue weighted by atomic mass is 16.5. The largest absolute Gasteiger partial charge is 0.496 e. The predicted octanol–water partition coefficient (Wildman–Crippen LogP) is 2.64. The van der Waals surface area contributed by atoms with Crippen molar-refractivity contribution in [1.82, 2.24) is 14.7 Å². The van der Waals surface area contributed by atoms with Gasteiger partial charge in [0.05, 0.1) is 12.7 Å². The number of ether oxygens (including phenoxy) is 1. The molecule has 1 aromatic carbocycles. The first kappa shape index (κ1) is 13.2. The molecule has 2 N–H and O–H groups in total.